The Hall–Kier alpha value is -0.430. The first-order valence-corrected chi connectivity index (χ1v) is 8.06. The standard InChI is InChI=1S/C12H17BrN2O2S/c1-14(2)18(16,17)15-8-4-7-12(15)10-5-3-6-11(13)9-10/h3,5-6,9,12H,4,7-8H2,1-2H3. The Balaban J connectivity index is 2.34. The summed E-state index contributed by atoms with van der Waals surface area (Å²) < 4.78 is 28.3. The summed E-state index contributed by atoms with van der Waals surface area (Å²) in [4.78, 5) is 0. The fraction of sp³-hybridized carbons (Fsp3) is 0.500. The molecular weight excluding hydrogens is 316 g/mol. The lowest BCUT2D eigenvalue weighted by molar-refractivity contribution is 0.362. The molecular formula is C12H17BrN2O2S. The van der Waals surface area contributed by atoms with Gasteiger partial charge in [0.05, 0.1) is 6.04 Å². The molecule has 1 saturated heterocycles. The van der Waals surface area contributed by atoms with E-state index in [9.17, 15) is 8.42 Å². The highest BCUT2D eigenvalue weighted by Crippen LogP contribution is 2.35. The first-order valence-electron chi connectivity index (χ1n) is 5.87. The minimum atomic E-state index is -3.34. The highest BCUT2D eigenvalue weighted by Gasteiger charge is 2.36. The van der Waals surface area contributed by atoms with Crippen LogP contribution in [-0.2, 0) is 10.2 Å². The van der Waals surface area contributed by atoms with E-state index in [0.717, 1.165) is 22.9 Å². The molecule has 0 N–H and O–H groups in total. The maximum Gasteiger partial charge on any atom is 0.282 e. The maximum absolute atomic E-state index is 12.2. The first kappa shape index (κ1) is 14.0. The van der Waals surface area contributed by atoms with Crippen LogP contribution in [0.5, 0.6) is 0 Å². The smallest absolute Gasteiger partial charge is 0.195 e. The number of hydrogen-bond donors (Lipinski definition) is 0. The Morgan fingerprint density at radius 1 is 1.39 bits per heavy atom. The zero-order chi connectivity index (χ0) is 13.3. The Kier molecular flexibility index (Phi) is 4.11. The Morgan fingerprint density at radius 3 is 2.72 bits per heavy atom. The van der Waals surface area contributed by atoms with Crippen molar-refractivity contribution in [3.8, 4) is 0 Å². The van der Waals surface area contributed by atoms with Gasteiger partial charge < -0.3 is 0 Å². The van der Waals surface area contributed by atoms with E-state index in [1.54, 1.807) is 18.4 Å². The van der Waals surface area contributed by atoms with Crippen LogP contribution in [0.2, 0.25) is 0 Å². The molecule has 0 spiro atoms. The van der Waals surface area contributed by atoms with Crippen molar-refractivity contribution in [3.63, 3.8) is 0 Å². The van der Waals surface area contributed by atoms with Gasteiger partial charge in [0.2, 0.25) is 0 Å². The summed E-state index contributed by atoms with van der Waals surface area (Å²) >= 11 is 3.43. The average Bonchev–Trinajstić information content (AvgIpc) is 2.78. The first-order chi connectivity index (χ1) is 8.43. The quantitative estimate of drug-likeness (QED) is 0.852. The highest BCUT2D eigenvalue weighted by molar-refractivity contribution is 9.10. The zero-order valence-electron chi connectivity index (χ0n) is 10.5. The van der Waals surface area contributed by atoms with Gasteiger partial charge in [-0.3, -0.25) is 0 Å². The minimum absolute atomic E-state index is 0.0464. The minimum Gasteiger partial charge on any atom is -0.195 e. The van der Waals surface area contributed by atoms with Crippen LogP contribution in [0.4, 0.5) is 0 Å². The van der Waals surface area contributed by atoms with E-state index < -0.39 is 10.2 Å². The van der Waals surface area contributed by atoms with Gasteiger partial charge in [0.25, 0.3) is 10.2 Å². The molecule has 0 radical (unpaired) electrons. The van der Waals surface area contributed by atoms with Crippen molar-refractivity contribution in [1.29, 1.82) is 0 Å². The topological polar surface area (TPSA) is 40.6 Å². The monoisotopic (exact) mass is 332 g/mol. The van der Waals surface area contributed by atoms with Crippen molar-refractivity contribution >= 4 is 26.1 Å². The molecule has 18 heavy (non-hydrogen) atoms. The summed E-state index contributed by atoms with van der Waals surface area (Å²) in [5.41, 5.74) is 1.05. The van der Waals surface area contributed by atoms with Gasteiger partial charge in [0.1, 0.15) is 0 Å². The fourth-order valence-electron chi connectivity index (χ4n) is 2.27. The third kappa shape index (κ3) is 2.61. The lowest BCUT2D eigenvalue weighted by atomic mass is 10.1. The molecule has 0 amide bonds. The molecule has 0 aromatic heterocycles. The van der Waals surface area contributed by atoms with E-state index in [0.29, 0.717) is 6.54 Å². The summed E-state index contributed by atoms with van der Waals surface area (Å²) in [6.07, 6.45) is 1.79. The van der Waals surface area contributed by atoms with E-state index in [2.05, 4.69) is 15.9 Å². The number of hydrogen-bond acceptors (Lipinski definition) is 2. The number of halogens is 1. The molecule has 0 saturated carbocycles. The van der Waals surface area contributed by atoms with Crippen LogP contribution < -0.4 is 0 Å². The van der Waals surface area contributed by atoms with Crippen LogP contribution in [-0.4, -0.2) is 37.7 Å². The van der Waals surface area contributed by atoms with Gasteiger partial charge >= 0.3 is 0 Å². The lowest BCUT2D eigenvalue weighted by Crippen LogP contribution is -2.39. The second-order valence-electron chi connectivity index (χ2n) is 4.61. The lowest BCUT2D eigenvalue weighted by Gasteiger charge is -2.27. The molecule has 1 heterocycles. The summed E-state index contributed by atoms with van der Waals surface area (Å²) in [7, 11) is -0.185. The summed E-state index contributed by atoms with van der Waals surface area (Å²) in [6, 6.07) is 7.82. The van der Waals surface area contributed by atoms with Gasteiger partial charge in [-0.2, -0.15) is 17.0 Å². The maximum atomic E-state index is 12.2. The number of nitrogens with zero attached hydrogens (tertiary/aromatic N) is 2. The van der Waals surface area contributed by atoms with Gasteiger partial charge in [0.15, 0.2) is 0 Å². The predicted octanol–water partition coefficient (Wildman–Crippen LogP) is 2.39. The van der Waals surface area contributed by atoms with Gasteiger partial charge in [-0.25, -0.2) is 0 Å². The summed E-state index contributed by atoms with van der Waals surface area (Å²) in [5, 5.41) is 0. The molecule has 1 aliphatic rings. The second-order valence-corrected chi connectivity index (χ2v) is 7.62. The van der Waals surface area contributed by atoms with Crippen molar-refractivity contribution in [1.82, 2.24) is 8.61 Å². The predicted molar refractivity (Wildman–Crippen MR) is 75.4 cm³/mol. The van der Waals surface area contributed by atoms with E-state index in [1.165, 1.54) is 4.31 Å². The van der Waals surface area contributed by atoms with Crippen LogP contribution in [0.15, 0.2) is 28.7 Å². The molecule has 1 aromatic carbocycles. The Morgan fingerprint density at radius 2 is 2.11 bits per heavy atom. The van der Waals surface area contributed by atoms with Gasteiger partial charge in [-0.05, 0) is 30.5 Å². The molecule has 2 rings (SSSR count). The van der Waals surface area contributed by atoms with Crippen molar-refractivity contribution in [3.05, 3.63) is 34.3 Å². The molecule has 0 aliphatic carbocycles. The Bertz CT molecular complexity index is 531. The van der Waals surface area contributed by atoms with Crippen LogP contribution in [0.1, 0.15) is 24.4 Å². The average molecular weight is 333 g/mol. The third-order valence-electron chi connectivity index (χ3n) is 3.19. The van der Waals surface area contributed by atoms with Crippen molar-refractivity contribution in [2.24, 2.45) is 0 Å². The normalized spacial score (nSPS) is 21.7. The van der Waals surface area contributed by atoms with Gasteiger partial charge in [-0.15, -0.1) is 0 Å². The SMILES string of the molecule is CN(C)S(=O)(=O)N1CCCC1c1cccc(Br)c1. The third-order valence-corrected chi connectivity index (χ3v) is 5.64. The van der Waals surface area contributed by atoms with Crippen molar-refractivity contribution < 1.29 is 8.42 Å². The second kappa shape index (κ2) is 5.28. The van der Waals surface area contributed by atoms with E-state index >= 15 is 0 Å². The number of rotatable bonds is 3. The van der Waals surface area contributed by atoms with Crippen molar-refractivity contribution in [2.45, 2.75) is 18.9 Å². The molecule has 1 aliphatic heterocycles. The zero-order valence-corrected chi connectivity index (χ0v) is 12.9. The van der Waals surface area contributed by atoms with Crippen molar-refractivity contribution in [2.75, 3.05) is 20.6 Å². The molecule has 4 nitrogen and oxygen atoms in total. The van der Waals surface area contributed by atoms with E-state index in [-0.39, 0.29) is 6.04 Å². The van der Waals surface area contributed by atoms with Crippen LogP contribution in [0.3, 0.4) is 0 Å². The van der Waals surface area contributed by atoms with Crippen LogP contribution in [0, 0.1) is 0 Å². The molecule has 100 valence electrons. The summed E-state index contributed by atoms with van der Waals surface area (Å²) in [5.74, 6) is 0. The number of benzene rings is 1. The largest absolute Gasteiger partial charge is 0.282 e. The van der Waals surface area contributed by atoms with E-state index in [1.807, 2.05) is 24.3 Å². The molecule has 6 heteroatoms. The molecule has 0 bridgehead atoms. The highest BCUT2D eigenvalue weighted by atomic mass is 79.9. The molecule has 1 unspecified atom stereocenters. The fourth-order valence-corrected chi connectivity index (χ4v) is 4.02. The summed E-state index contributed by atoms with van der Waals surface area (Å²) in [6.45, 7) is 0.595. The van der Waals surface area contributed by atoms with Gasteiger partial charge in [0, 0.05) is 25.1 Å². The molecule has 1 aromatic rings. The Labute approximate surface area is 117 Å². The molecule has 1 atom stereocenters. The molecule has 1 fully saturated rings. The van der Waals surface area contributed by atoms with Gasteiger partial charge in [-0.1, -0.05) is 28.1 Å². The van der Waals surface area contributed by atoms with Crippen LogP contribution >= 0.6 is 15.9 Å². The van der Waals surface area contributed by atoms with E-state index in [4.69, 9.17) is 0 Å². The van der Waals surface area contributed by atoms with Crippen LogP contribution in [0.25, 0.3) is 0 Å².